The number of pyridine rings is 1. The molecule has 3 aromatic rings. The first-order valence-electron chi connectivity index (χ1n) is 9.98. The van der Waals surface area contributed by atoms with Gasteiger partial charge in [-0.05, 0) is 12.1 Å². The standard InChI is InChI=1S/C21H23F2N7O/c1-13(2)18-25-10-14(11-26-18)20(31)27-17-15(16-5-8-29(3)28-16)4-7-24-19(17)30-9-6-21(22,23)12-30/h4-5,7-8,10-11,13H,6,9,12H2,1-3H3,(H,27,31). The molecule has 1 N–H and O–H groups in total. The number of hydrogen-bond donors (Lipinski definition) is 1. The zero-order chi connectivity index (χ0) is 22.2. The number of aryl methyl sites for hydroxylation is 1. The molecular weight excluding hydrogens is 404 g/mol. The van der Waals surface area contributed by atoms with Crippen LogP contribution in [0.1, 0.15) is 42.4 Å². The zero-order valence-electron chi connectivity index (χ0n) is 17.5. The smallest absolute Gasteiger partial charge is 0.266 e. The highest BCUT2D eigenvalue weighted by atomic mass is 19.3. The Kier molecular flexibility index (Phi) is 5.38. The Bertz CT molecular complexity index is 1100. The van der Waals surface area contributed by atoms with Gasteiger partial charge in [0.2, 0.25) is 0 Å². The third-order valence-electron chi connectivity index (χ3n) is 5.08. The number of rotatable bonds is 5. The van der Waals surface area contributed by atoms with E-state index in [1.165, 1.54) is 23.5 Å². The van der Waals surface area contributed by atoms with Gasteiger partial charge in [-0.1, -0.05) is 13.8 Å². The van der Waals surface area contributed by atoms with Crippen LogP contribution >= 0.6 is 0 Å². The van der Waals surface area contributed by atoms with E-state index in [4.69, 9.17) is 0 Å². The van der Waals surface area contributed by atoms with E-state index in [1.54, 1.807) is 30.1 Å². The molecule has 1 amide bonds. The molecule has 0 atom stereocenters. The van der Waals surface area contributed by atoms with Crippen LogP contribution in [-0.2, 0) is 7.05 Å². The molecule has 0 spiro atoms. The van der Waals surface area contributed by atoms with E-state index in [0.717, 1.165) is 0 Å². The van der Waals surface area contributed by atoms with Gasteiger partial charge in [0.05, 0.1) is 23.5 Å². The van der Waals surface area contributed by atoms with E-state index in [-0.39, 0.29) is 30.3 Å². The average molecular weight is 427 g/mol. The predicted octanol–water partition coefficient (Wildman–Crippen LogP) is 3.49. The number of alkyl halides is 2. The van der Waals surface area contributed by atoms with Crippen LogP contribution in [0.5, 0.6) is 0 Å². The number of aromatic nitrogens is 5. The summed E-state index contributed by atoms with van der Waals surface area (Å²) in [4.78, 5) is 27.2. The topological polar surface area (TPSA) is 88.8 Å². The zero-order valence-corrected chi connectivity index (χ0v) is 17.5. The highest BCUT2D eigenvalue weighted by Crippen LogP contribution is 2.38. The minimum atomic E-state index is -2.80. The number of nitrogens with zero attached hydrogens (tertiary/aromatic N) is 6. The SMILES string of the molecule is CC(C)c1ncc(C(=O)Nc2c(-c3ccn(C)n3)ccnc2N2CCC(F)(F)C2)cn1. The molecule has 31 heavy (non-hydrogen) atoms. The Balaban J connectivity index is 1.72. The Morgan fingerprint density at radius 2 is 1.94 bits per heavy atom. The Morgan fingerprint density at radius 1 is 1.19 bits per heavy atom. The lowest BCUT2D eigenvalue weighted by atomic mass is 10.1. The van der Waals surface area contributed by atoms with Crippen LogP contribution in [0.2, 0.25) is 0 Å². The molecule has 162 valence electrons. The number of amides is 1. The van der Waals surface area contributed by atoms with Crippen LogP contribution in [0, 0.1) is 0 Å². The summed E-state index contributed by atoms with van der Waals surface area (Å²) in [6.07, 6.45) is 5.95. The number of halogens is 2. The van der Waals surface area contributed by atoms with Crippen LogP contribution in [-0.4, -0.2) is 49.7 Å². The average Bonchev–Trinajstić information content (AvgIpc) is 3.33. The van der Waals surface area contributed by atoms with Crippen molar-refractivity contribution in [2.75, 3.05) is 23.3 Å². The van der Waals surface area contributed by atoms with Crippen molar-refractivity contribution in [3.63, 3.8) is 0 Å². The van der Waals surface area contributed by atoms with Crippen molar-refractivity contribution >= 4 is 17.4 Å². The first-order valence-corrected chi connectivity index (χ1v) is 9.98. The van der Waals surface area contributed by atoms with Crippen molar-refractivity contribution in [1.82, 2.24) is 24.7 Å². The van der Waals surface area contributed by atoms with Gasteiger partial charge in [0.25, 0.3) is 11.8 Å². The number of carbonyl (C=O) groups is 1. The van der Waals surface area contributed by atoms with E-state index in [9.17, 15) is 13.6 Å². The molecule has 1 aliphatic heterocycles. The van der Waals surface area contributed by atoms with E-state index < -0.39 is 18.4 Å². The van der Waals surface area contributed by atoms with Crippen LogP contribution in [0.3, 0.4) is 0 Å². The molecule has 0 aliphatic carbocycles. The fraction of sp³-hybridized carbons (Fsp3) is 0.381. The Morgan fingerprint density at radius 3 is 2.52 bits per heavy atom. The highest BCUT2D eigenvalue weighted by molar-refractivity contribution is 6.07. The van der Waals surface area contributed by atoms with E-state index >= 15 is 0 Å². The lowest BCUT2D eigenvalue weighted by molar-refractivity contribution is 0.0257. The van der Waals surface area contributed by atoms with Gasteiger partial charge in [-0.3, -0.25) is 9.48 Å². The molecule has 0 bridgehead atoms. The van der Waals surface area contributed by atoms with Crippen molar-refractivity contribution in [3.8, 4) is 11.3 Å². The Labute approximate surface area is 178 Å². The second kappa shape index (κ2) is 8.01. The summed E-state index contributed by atoms with van der Waals surface area (Å²) in [5.41, 5.74) is 1.78. The van der Waals surface area contributed by atoms with Crippen molar-refractivity contribution in [2.24, 2.45) is 7.05 Å². The van der Waals surface area contributed by atoms with Crippen molar-refractivity contribution in [2.45, 2.75) is 32.1 Å². The second-order valence-electron chi connectivity index (χ2n) is 7.90. The van der Waals surface area contributed by atoms with Crippen LogP contribution < -0.4 is 10.2 Å². The van der Waals surface area contributed by atoms with Crippen molar-refractivity contribution < 1.29 is 13.6 Å². The molecule has 1 aliphatic rings. The van der Waals surface area contributed by atoms with E-state index in [1.807, 2.05) is 13.8 Å². The molecule has 4 heterocycles. The minimum Gasteiger partial charge on any atom is -0.349 e. The van der Waals surface area contributed by atoms with Gasteiger partial charge in [0, 0.05) is 56.3 Å². The van der Waals surface area contributed by atoms with E-state index in [2.05, 4.69) is 25.4 Å². The summed E-state index contributed by atoms with van der Waals surface area (Å²) < 4.78 is 29.4. The third kappa shape index (κ3) is 4.37. The molecule has 0 radical (unpaired) electrons. The molecule has 0 aromatic carbocycles. The summed E-state index contributed by atoms with van der Waals surface area (Å²) in [5, 5.41) is 7.23. The third-order valence-corrected chi connectivity index (χ3v) is 5.08. The summed E-state index contributed by atoms with van der Waals surface area (Å²) >= 11 is 0. The van der Waals surface area contributed by atoms with Gasteiger partial charge in [-0.15, -0.1) is 0 Å². The number of carbonyl (C=O) groups excluding carboxylic acids is 1. The lowest BCUT2D eigenvalue weighted by Gasteiger charge is -2.22. The monoisotopic (exact) mass is 427 g/mol. The normalized spacial score (nSPS) is 15.5. The lowest BCUT2D eigenvalue weighted by Crippen LogP contribution is -2.27. The van der Waals surface area contributed by atoms with Crippen LogP contribution in [0.25, 0.3) is 11.3 Å². The van der Waals surface area contributed by atoms with Crippen molar-refractivity contribution in [3.05, 3.63) is 48.3 Å². The molecule has 4 rings (SSSR count). The summed E-state index contributed by atoms with van der Waals surface area (Å²) in [5.74, 6) is -2.20. The molecule has 1 saturated heterocycles. The maximum atomic E-state index is 13.9. The van der Waals surface area contributed by atoms with Gasteiger partial charge < -0.3 is 10.2 Å². The van der Waals surface area contributed by atoms with Crippen LogP contribution in [0.15, 0.2) is 36.9 Å². The maximum Gasteiger partial charge on any atom is 0.266 e. The molecule has 1 fully saturated rings. The first-order chi connectivity index (χ1) is 14.7. The molecule has 8 nitrogen and oxygen atoms in total. The molecular formula is C21H23F2N7O. The van der Waals surface area contributed by atoms with Gasteiger partial charge in [0.1, 0.15) is 5.82 Å². The van der Waals surface area contributed by atoms with Gasteiger partial charge in [-0.25, -0.2) is 23.7 Å². The van der Waals surface area contributed by atoms with E-state index in [0.29, 0.717) is 22.8 Å². The fourth-order valence-corrected chi connectivity index (χ4v) is 3.44. The van der Waals surface area contributed by atoms with Crippen molar-refractivity contribution in [1.29, 1.82) is 0 Å². The van der Waals surface area contributed by atoms with Gasteiger partial charge in [0.15, 0.2) is 5.82 Å². The summed E-state index contributed by atoms with van der Waals surface area (Å²) in [6.45, 7) is 3.60. The quantitative estimate of drug-likeness (QED) is 0.671. The Hall–Kier alpha value is -3.43. The van der Waals surface area contributed by atoms with Gasteiger partial charge >= 0.3 is 0 Å². The molecule has 10 heteroatoms. The predicted molar refractivity (Wildman–Crippen MR) is 112 cm³/mol. The first kappa shape index (κ1) is 20.8. The molecule has 0 unspecified atom stereocenters. The van der Waals surface area contributed by atoms with Gasteiger partial charge in [-0.2, -0.15) is 5.10 Å². The summed E-state index contributed by atoms with van der Waals surface area (Å²) in [7, 11) is 1.78. The number of hydrogen-bond acceptors (Lipinski definition) is 6. The fourth-order valence-electron chi connectivity index (χ4n) is 3.44. The second-order valence-corrected chi connectivity index (χ2v) is 7.90. The molecule has 3 aromatic heterocycles. The number of anilines is 2. The van der Waals surface area contributed by atoms with Crippen LogP contribution in [0.4, 0.5) is 20.3 Å². The highest BCUT2D eigenvalue weighted by Gasteiger charge is 2.40. The maximum absolute atomic E-state index is 13.9. The molecule has 0 saturated carbocycles. The summed E-state index contributed by atoms with van der Waals surface area (Å²) in [6, 6.07) is 3.49. The largest absolute Gasteiger partial charge is 0.349 e. The number of nitrogens with one attached hydrogen (secondary N) is 1. The minimum absolute atomic E-state index is 0.134.